The van der Waals surface area contributed by atoms with E-state index >= 15 is 0 Å². The molecule has 0 spiro atoms. The van der Waals surface area contributed by atoms with E-state index in [2.05, 4.69) is 58.0 Å². The molecule has 2 aromatic carbocycles. The minimum Gasteiger partial charge on any atom is -0.362 e. The van der Waals surface area contributed by atoms with Gasteiger partial charge in [-0.15, -0.1) is 0 Å². The van der Waals surface area contributed by atoms with Crippen molar-refractivity contribution in [3.05, 3.63) is 66.4 Å². The number of nitrogens with one attached hydrogen (secondary N) is 2. The highest BCUT2D eigenvalue weighted by Crippen LogP contribution is 2.26. The van der Waals surface area contributed by atoms with Crippen LogP contribution in [0, 0.1) is 0 Å². The molecule has 0 bridgehead atoms. The fourth-order valence-electron chi connectivity index (χ4n) is 4.55. The molecule has 5 rings (SSSR count). The van der Waals surface area contributed by atoms with Gasteiger partial charge in [0.25, 0.3) is 0 Å². The molecular weight excluding hydrogens is 396 g/mol. The van der Waals surface area contributed by atoms with Crippen LogP contribution in [-0.2, 0) is 6.54 Å². The molecular formula is C26H30N6. The smallest absolute Gasteiger partial charge is 0.225 e. The van der Waals surface area contributed by atoms with Crippen molar-refractivity contribution in [3.8, 4) is 0 Å². The molecule has 2 heterocycles. The Labute approximate surface area is 189 Å². The van der Waals surface area contributed by atoms with Gasteiger partial charge in [0.15, 0.2) is 0 Å². The normalized spacial score (nSPS) is 18.7. The lowest BCUT2D eigenvalue weighted by molar-refractivity contribution is 0.351. The van der Waals surface area contributed by atoms with Crippen molar-refractivity contribution >= 4 is 33.6 Å². The zero-order chi connectivity index (χ0) is 21.9. The molecule has 1 saturated carbocycles. The summed E-state index contributed by atoms with van der Waals surface area (Å²) < 4.78 is 0. The third-order valence-electron chi connectivity index (χ3n) is 6.30. The Balaban J connectivity index is 1.18. The number of rotatable bonds is 6. The maximum Gasteiger partial charge on any atom is 0.225 e. The van der Waals surface area contributed by atoms with Crippen molar-refractivity contribution in [1.82, 2.24) is 20.3 Å². The third-order valence-corrected chi connectivity index (χ3v) is 6.30. The summed E-state index contributed by atoms with van der Waals surface area (Å²) in [6.45, 7) is 0.813. The Morgan fingerprint density at radius 2 is 1.50 bits per heavy atom. The molecule has 1 fully saturated rings. The quantitative estimate of drug-likeness (QED) is 0.464. The van der Waals surface area contributed by atoms with E-state index in [0.29, 0.717) is 12.1 Å². The summed E-state index contributed by atoms with van der Waals surface area (Å²) >= 11 is 0. The molecule has 4 aromatic rings. The molecule has 1 aliphatic rings. The highest BCUT2D eigenvalue weighted by atomic mass is 15.2. The molecule has 0 radical (unpaired) electrons. The molecule has 2 N–H and O–H groups in total. The van der Waals surface area contributed by atoms with Crippen molar-refractivity contribution < 1.29 is 0 Å². The van der Waals surface area contributed by atoms with Crippen LogP contribution in [0.4, 0.5) is 11.8 Å². The second-order valence-corrected chi connectivity index (χ2v) is 8.85. The third kappa shape index (κ3) is 4.50. The van der Waals surface area contributed by atoms with E-state index in [1.54, 1.807) is 0 Å². The molecule has 2 aromatic heterocycles. The molecule has 0 atom stereocenters. The van der Waals surface area contributed by atoms with Crippen LogP contribution in [0.2, 0.25) is 0 Å². The van der Waals surface area contributed by atoms with Gasteiger partial charge in [-0.05, 0) is 49.9 Å². The van der Waals surface area contributed by atoms with Crippen LogP contribution in [0.3, 0.4) is 0 Å². The van der Waals surface area contributed by atoms with Crippen LogP contribution < -0.4 is 15.5 Å². The van der Waals surface area contributed by atoms with E-state index in [-0.39, 0.29) is 0 Å². The number of fused-ring (bicyclic) bond motifs is 2. The van der Waals surface area contributed by atoms with Gasteiger partial charge in [-0.25, -0.2) is 4.98 Å². The molecule has 1 aliphatic carbocycles. The van der Waals surface area contributed by atoms with Crippen LogP contribution in [0.25, 0.3) is 21.8 Å². The molecule has 0 amide bonds. The van der Waals surface area contributed by atoms with Gasteiger partial charge in [0, 0.05) is 43.5 Å². The molecule has 0 saturated heterocycles. The predicted octanol–water partition coefficient (Wildman–Crippen LogP) is 4.76. The minimum atomic E-state index is 0.406. The fraction of sp³-hybridized carbons (Fsp3) is 0.346. The van der Waals surface area contributed by atoms with E-state index in [9.17, 15) is 0 Å². The Hall–Kier alpha value is -3.25. The Morgan fingerprint density at radius 3 is 2.31 bits per heavy atom. The van der Waals surface area contributed by atoms with E-state index in [4.69, 9.17) is 15.0 Å². The van der Waals surface area contributed by atoms with Crippen LogP contribution in [0.15, 0.2) is 60.7 Å². The summed E-state index contributed by atoms with van der Waals surface area (Å²) in [5.41, 5.74) is 3.14. The van der Waals surface area contributed by atoms with Gasteiger partial charge in [0.2, 0.25) is 5.95 Å². The first kappa shape index (κ1) is 20.6. The average Bonchev–Trinajstić information content (AvgIpc) is 2.83. The number of para-hydroxylation sites is 2. The first-order valence-electron chi connectivity index (χ1n) is 11.4. The second kappa shape index (κ2) is 9.09. The van der Waals surface area contributed by atoms with Crippen molar-refractivity contribution in [2.45, 2.75) is 44.3 Å². The van der Waals surface area contributed by atoms with Crippen LogP contribution in [0.1, 0.15) is 31.4 Å². The maximum absolute atomic E-state index is 4.79. The largest absolute Gasteiger partial charge is 0.362 e. The lowest BCUT2D eigenvalue weighted by Gasteiger charge is -2.30. The van der Waals surface area contributed by atoms with Crippen molar-refractivity contribution in [2.75, 3.05) is 24.3 Å². The van der Waals surface area contributed by atoms with Gasteiger partial charge < -0.3 is 15.5 Å². The first-order valence-corrected chi connectivity index (χ1v) is 11.4. The Kier molecular flexibility index (Phi) is 5.86. The summed E-state index contributed by atoms with van der Waals surface area (Å²) in [5.74, 6) is 1.68. The van der Waals surface area contributed by atoms with Gasteiger partial charge in [-0.2, -0.15) is 4.98 Å². The van der Waals surface area contributed by atoms with Crippen LogP contribution >= 0.6 is 0 Å². The van der Waals surface area contributed by atoms with E-state index in [0.717, 1.165) is 66.1 Å². The molecule has 6 nitrogen and oxygen atoms in total. The van der Waals surface area contributed by atoms with Gasteiger partial charge in [0.1, 0.15) is 5.82 Å². The lowest BCUT2D eigenvalue weighted by atomic mass is 9.91. The molecule has 0 aliphatic heterocycles. The molecule has 6 heteroatoms. The number of anilines is 2. The summed E-state index contributed by atoms with van der Waals surface area (Å²) in [6, 6.07) is 21.7. The highest BCUT2D eigenvalue weighted by Gasteiger charge is 2.22. The maximum atomic E-state index is 4.79. The van der Waals surface area contributed by atoms with Crippen molar-refractivity contribution in [2.24, 2.45) is 0 Å². The summed E-state index contributed by atoms with van der Waals surface area (Å²) in [6.07, 6.45) is 4.49. The SMILES string of the molecule is CN(C)c1nc(NC2CCC(NCc3ccc4ccccc4n3)CC2)nc2ccccc12. The monoisotopic (exact) mass is 426 g/mol. The highest BCUT2D eigenvalue weighted by molar-refractivity contribution is 5.90. The summed E-state index contributed by atoms with van der Waals surface area (Å²) in [7, 11) is 4.06. The number of nitrogens with zero attached hydrogens (tertiary/aromatic N) is 4. The minimum absolute atomic E-state index is 0.406. The second-order valence-electron chi connectivity index (χ2n) is 8.85. The fourth-order valence-corrected chi connectivity index (χ4v) is 4.55. The summed E-state index contributed by atoms with van der Waals surface area (Å²) in [5, 5.41) is 9.57. The average molecular weight is 427 g/mol. The Morgan fingerprint density at radius 1 is 0.781 bits per heavy atom. The predicted molar refractivity (Wildman–Crippen MR) is 132 cm³/mol. The molecule has 164 valence electrons. The van der Waals surface area contributed by atoms with Gasteiger partial charge in [-0.3, -0.25) is 4.98 Å². The summed E-state index contributed by atoms with van der Waals surface area (Å²) in [4.78, 5) is 16.4. The van der Waals surface area contributed by atoms with E-state index < -0.39 is 0 Å². The van der Waals surface area contributed by atoms with Gasteiger partial charge in [-0.1, -0.05) is 36.4 Å². The van der Waals surface area contributed by atoms with E-state index in [1.165, 1.54) is 5.39 Å². The number of hydrogen-bond acceptors (Lipinski definition) is 6. The topological polar surface area (TPSA) is 66.0 Å². The number of pyridine rings is 1. The van der Waals surface area contributed by atoms with Gasteiger partial charge >= 0.3 is 0 Å². The zero-order valence-electron chi connectivity index (χ0n) is 18.8. The molecule has 32 heavy (non-hydrogen) atoms. The zero-order valence-corrected chi connectivity index (χ0v) is 18.8. The lowest BCUT2D eigenvalue weighted by Crippen LogP contribution is -2.37. The van der Waals surface area contributed by atoms with Crippen LogP contribution in [0.5, 0.6) is 0 Å². The first-order chi connectivity index (χ1) is 15.7. The standard InChI is InChI=1S/C26H30N6/c1-32(2)25-22-8-4-6-10-24(22)30-26(31-25)29-20-15-13-19(14-16-20)27-17-21-12-11-18-7-3-5-9-23(18)28-21/h3-12,19-20,27H,13-17H2,1-2H3,(H,29,30,31). The van der Waals surface area contributed by atoms with Gasteiger partial charge in [0.05, 0.1) is 16.7 Å². The number of hydrogen-bond donors (Lipinski definition) is 2. The van der Waals surface area contributed by atoms with Crippen LogP contribution in [-0.4, -0.2) is 41.1 Å². The number of benzene rings is 2. The number of aromatic nitrogens is 3. The Bertz CT molecular complexity index is 1210. The van der Waals surface area contributed by atoms with E-state index in [1.807, 2.05) is 32.3 Å². The van der Waals surface area contributed by atoms with Crippen molar-refractivity contribution in [1.29, 1.82) is 0 Å². The van der Waals surface area contributed by atoms with Crippen molar-refractivity contribution in [3.63, 3.8) is 0 Å². The molecule has 0 unspecified atom stereocenters.